The van der Waals surface area contributed by atoms with Crippen LogP contribution < -0.4 is 5.73 Å². The van der Waals surface area contributed by atoms with Crippen LogP contribution in [0.2, 0.25) is 0 Å². The highest BCUT2D eigenvalue weighted by Gasteiger charge is 2.10. The Hall–Kier alpha value is -1.47. The Labute approximate surface area is 94.3 Å². The summed E-state index contributed by atoms with van der Waals surface area (Å²) < 4.78 is 0.859. The van der Waals surface area contributed by atoms with Crippen LogP contribution in [0.15, 0.2) is 33.3 Å². The van der Waals surface area contributed by atoms with Crippen LogP contribution >= 0.6 is 23.1 Å². The van der Waals surface area contributed by atoms with Crippen molar-refractivity contribution in [3.63, 3.8) is 0 Å². The predicted octanol–water partition coefficient (Wildman–Crippen LogP) is 1.37. The first-order chi connectivity index (χ1) is 7.27. The summed E-state index contributed by atoms with van der Waals surface area (Å²) in [5.41, 5.74) is 5.79. The lowest BCUT2D eigenvalue weighted by Gasteiger charge is -2.02. The number of nitrogens with zero attached hydrogens (tertiary/aromatic N) is 3. The molecule has 0 spiro atoms. The third kappa shape index (κ3) is 2.31. The molecule has 0 aliphatic rings. The fraction of sp³-hybridized carbons (Fsp3) is 0. The van der Waals surface area contributed by atoms with E-state index in [2.05, 4.69) is 15.0 Å². The molecular formula is C8H7N5S2. The zero-order valence-corrected chi connectivity index (χ0v) is 9.18. The second-order valence-electron chi connectivity index (χ2n) is 2.52. The van der Waals surface area contributed by atoms with Crippen LogP contribution in [-0.4, -0.2) is 20.8 Å². The van der Waals surface area contributed by atoms with Crippen LogP contribution in [0.3, 0.4) is 0 Å². The minimum Gasteiger partial charge on any atom is -0.382 e. The molecule has 15 heavy (non-hydrogen) atoms. The second kappa shape index (κ2) is 4.37. The van der Waals surface area contributed by atoms with Gasteiger partial charge in [0.05, 0.1) is 0 Å². The van der Waals surface area contributed by atoms with Gasteiger partial charge in [0.15, 0.2) is 4.34 Å². The van der Waals surface area contributed by atoms with Crippen LogP contribution in [0.1, 0.15) is 5.69 Å². The zero-order valence-electron chi connectivity index (χ0n) is 7.54. The topological polar surface area (TPSA) is 88.5 Å². The van der Waals surface area contributed by atoms with Crippen LogP contribution in [-0.2, 0) is 0 Å². The van der Waals surface area contributed by atoms with E-state index in [1.165, 1.54) is 29.3 Å². The fourth-order valence-electron chi connectivity index (χ4n) is 0.928. The van der Waals surface area contributed by atoms with Crippen LogP contribution in [0.5, 0.6) is 0 Å². The lowest BCUT2D eigenvalue weighted by Crippen LogP contribution is -2.14. The molecular weight excluding hydrogens is 230 g/mol. The van der Waals surface area contributed by atoms with Gasteiger partial charge < -0.3 is 5.73 Å². The van der Waals surface area contributed by atoms with Gasteiger partial charge in [0.2, 0.25) is 0 Å². The van der Waals surface area contributed by atoms with Crippen molar-refractivity contribution in [2.24, 2.45) is 5.73 Å². The van der Waals surface area contributed by atoms with Gasteiger partial charge in [0.1, 0.15) is 16.6 Å². The molecule has 0 amide bonds. The van der Waals surface area contributed by atoms with Crippen molar-refractivity contribution in [3.05, 3.63) is 29.7 Å². The molecule has 2 aromatic rings. The number of rotatable bonds is 3. The molecule has 5 nitrogen and oxygen atoms in total. The van der Waals surface area contributed by atoms with Crippen molar-refractivity contribution < 1.29 is 0 Å². The maximum absolute atomic E-state index is 7.35. The van der Waals surface area contributed by atoms with Crippen molar-refractivity contribution in [1.82, 2.24) is 15.0 Å². The van der Waals surface area contributed by atoms with Gasteiger partial charge in [-0.15, -0.1) is 11.3 Å². The third-order valence-corrected chi connectivity index (χ3v) is 3.39. The quantitative estimate of drug-likeness (QED) is 0.621. The van der Waals surface area contributed by atoms with Gasteiger partial charge in [-0.05, 0) is 11.8 Å². The van der Waals surface area contributed by atoms with E-state index in [9.17, 15) is 0 Å². The predicted molar refractivity (Wildman–Crippen MR) is 59.3 cm³/mol. The fourth-order valence-corrected chi connectivity index (χ4v) is 2.54. The maximum Gasteiger partial charge on any atom is 0.156 e. The molecule has 2 heterocycles. The summed E-state index contributed by atoms with van der Waals surface area (Å²) in [6.07, 6.45) is 4.81. The smallest absolute Gasteiger partial charge is 0.156 e. The molecule has 0 radical (unpaired) electrons. The third-order valence-electron chi connectivity index (χ3n) is 1.51. The first-order valence-corrected chi connectivity index (χ1v) is 5.69. The SMILES string of the molecule is N=C(N)c1nccnc1Sc1nccs1. The average Bonchev–Trinajstić information content (AvgIpc) is 2.71. The molecule has 76 valence electrons. The van der Waals surface area contributed by atoms with Crippen molar-refractivity contribution in [1.29, 1.82) is 5.41 Å². The van der Waals surface area contributed by atoms with Gasteiger partial charge in [0.25, 0.3) is 0 Å². The lowest BCUT2D eigenvalue weighted by atomic mass is 10.4. The second-order valence-corrected chi connectivity index (χ2v) is 4.65. The Morgan fingerprint density at radius 3 is 2.73 bits per heavy atom. The highest BCUT2D eigenvalue weighted by Crippen LogP contribution is 2.28. The summed E-state index contributed by atoms with van der Waals surface area (Å²) >= 11 is 2.87. The van der Waals surface area contributed by atoms with Gasteiger partial charge in [-0.25, -0.2) is 15.0 Å². The van der Waals surface area contributed by atoms with Gasteiger partial charge in [-0.3, -0.25) is 5.41 Å². The van der Waals surface area contributed by atoms with Gasteiger partial charge in [-0.2, -0.15) is 0 Å². The monoisotopic (exact) mass is 237 g/mol. The summed E-state index contributed by atoms with van der Waals surface area (Å²) in [6.45, 7) is 0. The van der Waals surface area contributed by atoms with Crippen LogP contribution in [0, 0.1) is 5.41 Å². The molecule has 0 saturated carbocycles. The van der Waals surface area contributed by atoms with E-state index >= 15 is 0 Å². The number of thiazole rings is 1. The van der Waals surface area contributed by atoms with Gasteiger partial charge in [-0.1, -0.05) is 0 Å². The number of nitrogen functional groups attached to an aromatic ring is 1. The Morgan fingerprint density at radius 1 is 1.27 bits per heavy atom. The van der Waals surface area contributed by atoms with Crippen LogP contribution in [0.25, 0.3) is 0 Å². The standard InChI is InChI=1S/C8H7N5S2/c9-6(10)5-7(12-2-1-11-5)15-8-13-3-4-14-8/h1-4H,(H3,9,10). The summed E-state index contributed by atoms with van der Waals surface area (Å²) in [6, 6.07) is 0. The van der Waals surface area contributed by atoms with Crippen molar-refractivity contribution in [2.45, 2.75) is 9.37 Å². The number of nitrogens with two attached hydrogens (primary N) is 1. The Morgan fingerprint density at radius 2 is 2.07 bits per heavy atom. The van der Waals surface area contributed by atoms with E-state index in [0.717, 1.165) is 4.34 Å². The molecule has 0 aliphatic carbocycles. The van der Waals surface area contributed by atoms with Gasteiger partial charge >= 0.3 is 0 Å². The first-order valence-electron chi connectivity index (χ1n) is 4.00. The van der Waals surface area contributed by atoms with E-state index in [-0.39, 0.29) is 5.84 Å². The van der Waals surface area contributed by atoms with E-state index in [1.54, 1.807) is 12.4 Å². The number of amidine groups is 1. The van der Waals surface area contributed by atoms with Crippen molar-refractivity contribution in [3.8, 4) is 0 Å². The summed E-state index contributed by atoms with van der Waals surface area (Å²) in [5.74, 6) is -0.0813. The van der Waals surface area contributed by atoms with Crippen LogP contribution in [0.4, 0.5) is 0 Å². The summed E-state index contributed by atoms with van der Waals surface area (Å²) in [7, 11) is 0. The molecule has 2 rings (SSSR count). The molecule has 0 saturated heterocycles. The normalized spacial score (nSPS) is 10.1. The average molecular weight is 237 g/mol. The highest BCUT2D eigenvalue weighted by molar-refractivity contribution is 8.01. The van der Waals surface area contributed by atoms with E-state index in [1.807, 2.05) is 5.38 Å². The number of hydrogen-bond donors (Lipinski definition) is 2. The maximum atomic E-state index is 7.35. The van der Waals surface area contributed by atoms with Crippen molar-refractivity contribution >= 4 is 28.9 Å². The minimum atomic E-state index is -0.0813. The molecule has 0 atom stereocenters. The van der Waals surface area contributed by atoms with E-state index in [0.29, 0.717) is 10.7 Å². The minimum absolute atomic E-state index is 0.0813. The molecule has 0 unspecified atom stereocenters. The van der Waals surface area contributed by atoms with E-state index < -0.39 is 0 Å². The summed E-state index contributed by atoms with van der Waals surface area (Å²) in [5, 5.41) is 9.84. The lowest BCUT2D eigenvalue weighted by molar-refractivity contribution is 1.02. The number of nitrogens with one attached hydrogen (secondary N) is 1. The Bertz CT molecular complexity index is 468. The van der Waals surface area contributed by atoms with Crippen molar-refractivity contribution in [2.75, 3.05) is 0 Å². The highest BCUT2D eigenvalue weighted by atomic mass is 32.2. The Balaban J connectivity index is 2.32. The number of hydrogen-bond acceptors (Lipinski definition) is 6. The first kappa shape index (κ1) is 10.1. The molecule has 2 aromatic heterocycles. The largest absolute Gasteiger partial charge is 0.382 e. The summed E-state index contributed by atoms with van der Waals surface area (Å²) in [4.78, 5) is 12.2. The molecule has 0 aromatic carbocycles. The molecule has 0 bridgehead atoms. The van der Waals surface area contributed by atoms with E-state index in [4.69, 9.17) is 11.1 Å². The zero-order chi connectivity index (χ0) is 10.7. The molecule has 7 heteroatoms. The molecule has 3 N–H and O–H groups in total. The Kier molecular flexibility index (Phi) is 2.93. The molecule has 0 aliphatic heterocycles. The molecule has 0 fully saturated rings. The number of aromatic nitrogens is 3. The van der Waals surface area contributed by atoms with Gasteiger partial charge in [0, 0.05) is 24.0 Å².